The van der Waals surface area contributed by atoms with E-state index in [2.05, 4.69) is 10.1 Å². The number of rotatable bonds is 2. The molecule has 0 unspecified atom stereocenters. The molecule has 0 saturated heterocycles. The summed E-state index contributed by atoms with van der Waals surface area (Å²) in [5.41, 5.74) is 0.757. The van der Waals surface area contributed by atoms with E-state index in [9.17, 15) is 14.9 Å². The van der Waals surface area contributed by atoms with Crippen LogP contribution >= 0.6 is 11.3 Å². The Kier molecular flexibility index (Phi) is 3.10. The van der Waals surface area contributed by atoms with Gasteiger partial charge in [-0.2, -0.15) is 4.99 Å². The highest BCUT2D eigenvalue weighted by Crippen LogP contribution is 2.22. The lowest BCUT2D eigenvalue weighted by Crippen LogP contribution is -2.12. The van der Waals surface area contributed by atoms with Crippen LogP contribution < -0.4 is 4.80 Å². The zero-order chi connectivity index (χ0) is 15.0. The predicted molar refractivity (Wildman–Crippen MR) is 73.8 cm³/mol. The Morgan fingerprint density at radius 3 is 2.95 bits per heavy atom. The molecule has 2 heterocycles. The van der Waals surface area contributed by atoms with Crippen molar-refractivity contribution in [1.82, 2.24) is 9.72 Å². The number of carbonyl (C=O) groups is 1. The number of nitro benzene ring substituents is 1. The van der Waals surface area contributed by atoms with Gasteiger partial charge >= 0.3 is 5.91 Å². The van der Waals surface area contributed by atoms with E-state index >= 15 is 0 Å². The monoisotopic (exact) mass is 304 g/mol. The quantitative estimate of drug-likeness (QED) is 0.531. The highest BCUT2D eigenvalue weighted by Gasteiger charge is 2.12. The van der Waals surface area contributed by atoms with Crippen molar-refractivity contribution >= 4 is 33.1 Å². The van der Waals surface area contributed by atoms with E-state index in [4.69, 9.17) is 4.52 Å². The zero-order valence-corrected chi connectivity index (χ0v) is 11.5. The Hall–Kier alpha value is -2.81. The molecule has 0 bridgehead atoms. The van der Waals surface area contributed by atoms with Gasteiger partial charge in [-0.25, -0.2) is 0 Å². The summed E-state index contributed by atoms with van der Waals surface area (Å²) in [5, 5.41) is 14.2. The summed E-state index contributed by atoms with van der Waals surface area (Å²) in [4.78, 5) is 26.6. The van der Waals surface area contributed by atoms with E-state index in [1.165, 1.54) is 35.7 Å². The smallest absolute Gasteiger partial charge is 0.318 e. The molecule has 0 radical (unpaired) electrons. The second kappa shape index (κ2) is 4.94. The van der Waals surface area contributed by atoms with Crippen LogP contribution in [0.4, 0.5) is 5.69 Å². The molecule has 3 rings (SSSR count). The number of benzene rings is 1. The van der Waals surface area contributed by atoms with Crippen molar-refractivity contribution in [2.75, 3.05) is 0 Å². The van der Waals surface area contributed by atoms with Crippen LogP contribution in [0.3, 0.4) is 0 Å². The van der Waals surface area contributed by atoms with Crippen LogP contribution in [0.2, 0.25) is 0 Å². The standard InChI is InChI=1S/C12H8N4O4S/c1-15-8-3-2-7(16(18)19)6-10(8)21-12(15)14-11(17)9-4-5-13-20-9/h2-6H,1H3. The molecule has 21 heavy (non-hydrogen) atoms. The SMILES string of the molecule is Cn1c(=NC(=O)c2ccno2)sc2cc([N+](=O)[O-])ccc21. The van der Waals surface area contributed by atoms with Crippen LogP contribution in [0.1, 0.15) is 10.6 Å². The molecule has 0 fully saturated rings. The summed E-state index contributed by atoms with van der Waals surface area (Å²) in [7, 11) is 1.73. The number of thiazole rings is 1. The number of non-ortho nitro benzene ring substituents is 1. The number of nitro groups is 1. The molecule has 3 aromatic rings. The summed E-state index contributed by atoms with van der Waals surface area (Å²) in [6.45, 7) is 0. The van der Waals surface area contributed by atoms with Gasteiger partial charge in [0.1, 0.15) is 0 Å². The van der Waals surface area contributed by atoms with Crippen molar-refractivity contribution in [3.05, 3.63) is 51.1 Å². The lowest BCUT2D eigenvalue weighted by atomic mass is 10.3. The first-order valence-electron chi connectivity index (χ1n) is 5.80. The maximum absolute atomic E-state index is 11.9. The van der Waals surface area contributed by atoms with Crippen molar-refractivity contribution in [2.45, 2.75) is 0 Å². The fourth-order valence-corrected chi connectivity index (χ4v) is 2.86. The third-order valence-corrected chi connectivity index (χ3v) is 3.94. The van der Waals surface area contributed by atoms with Gasteiger partial charge in [0, 0.05) is 25.2 Å². The van der Waals surface area contributed by atoms with E-state index in [-0.39, 0.29) is 11.4 Å². The molecule has 0 aliphatic carbocycles. The van der Waals surface area contributed by atoms with Crippen LogP contribution in [-0.2, 0) is 7.05 Å². The average molecular weight is 304 g/mol. The lowest BCUT2D eigenvalue weighted by Gasteiger charge is -1.94. The van der Waals surface area contributed by atoms with Crippen molar-refractivity contribution < 1.29 is 14.2 Å². The van der Waals surface area contributed by atoms with Gasteiger partial charge in [0.05, 0.1) is 21.3 Å². The van der Waals surface area contributed by atoms with Gasteiger partial charge in [0.25, 0.3) is 5.69 Å². The zero-order valence-electron chi connectivity index (χ0n) is 10.7. The normalized spacial score (nSPS) is 12.0. The van der Waals surface area contributed by atoms with E-state index in [1.54, 1.807) is 17.7 Å². The van der Waals surface area contributed by atoms with Crippen LogP contribution in [0.25, 0.3) is 10.2 Å². The molecule has 0 spiro atoms. The molecule has 8 nitrogen and oxygen atoms in total. The first-order chi connectivity index (χ1) is 10.1. The van der Waals surface area contributed by atoms with Gasteiger partial charge in [0.15, 0.2) is 4.80 Å². The van der Waals surface area contributed by atoms with Gasteiger partial charge < -0.3 is 9.09 Å². The molecule has 0 aliphatic rings. The number of fused-ring (bicyclic) bond motifs is 1. The summed E-state index contributed by atoms with van der Waals surface area (Å²) in [6, 6.07) is 5.92. The van der Waals surface area contributed by atoms with Gasteiger partial charge in [-0.05, 0) is 6.07 Å². The molecular formula is C12H8N4O4S. The third kappa shape index (κ3) is 2.34. The Morgan fingerprint density at radius 1 is 1.48 bits per heavy atom. The van der Waals surface area contributed by atoms with Gasteiger partial charge in [0.2, 0.25) is 5.76 Å². The Morgan fingerprint density at radius 2 is 2.29 bits per heavy atom. The molecule has 0 aliphatic heterocycles. The Labute approximate surface area is 121 Å². The highest BCUT2D eigenvalue weighted by atomic mass is 32.1. The molecule has 2 aromatic heterocycles. The van der Waals surface area contributed by atoms with E-state index < -0.39 is 10.8 Å². The molecule has 9 heteroatoms. The minimum absolute atomic E-state index is 0.00235. The molecule has 1 amide bonds. The molecule has 0 atom stereocenters. The number of carbonyl (C=O) groups excluding carboxylic acids is 1. The summed E-state index contributed by atoms with van der Waals surface area (Å²) >= 11 is 1.19. The second-order valence-electron chi connectivity index (χ2n) is 4.15. The number of hydrogen-bond donors (Lipinski definition) is 0. The van der Waals surface area contributed by atoms with Crippen LogP contribution in [0, 0.1) is 10.1 Å². The van der Waals surface area contributed by atoms with Crippen LogP contribution in [0.5, 0.6) is 0 Å². The third-order valence-electron chi connectivity index (χ3n) is 2.85. The summed E-state index contributed by atoms with van der Waals surface area (Å²) < 4.78 is 7.11. The van der Waals surface area contributed by atoms with Crippen molar-refractivity contribution in [2.24, 2.45) is 12.0 Å². The number of aromatic nitrogens is 2. The number of hydrogen-bond acceptors (Lipinski definition) is 6. The van der Waals surface area contributed by atoms with Crippen molar-refractivity contribution in [3.63, 3.8) is 0 Å². The van der Waals surface area contributed by atoms with Gasteiger partial charge in [-0.3, -0.25) is 14.9 Å². The van der Waals surface area contributed by atoms with Gasteiger partial charge in [-0.1, -0.05) is 16.5 Å². The first kappa shape index (κ1) is 13.2. The summed E-state index contributed by atoms with van der Waals surface area (Å²) in [5.74, 6) is -0.511. The molecular weight excluding hydrogens is 296 g/mol. The topological polar surface area (TPSA) is 104 Å². The lowest BCUT2D eigenvalue weighted by molar-refractivity contribution is -0.384. The average Bonchev–Trinajstić information content (AvgIpc) is 3.08. The van der Waals surface area contributed by atoms with Crippen molar-refractivity contribution in [1.29, 1.82) is 0 Å². The maximum atomic E-state index is 11.9. The van der Waals surface area contributed by atoms with Crippen LogP contribution in [0.15, 0.2) is 40.0 Å². The fraction of sp³-hybridized carbons (Fsp3) is 0.0833. The van der Waals surface area contributed by atoms with E-state index in [0.717, 1.165) is 5.52 Å². The first-order valence-corrected chi connectivity index (χ1v) is 6.61. The summed E-state index contributed by atoms with van der Waals surface area (Å²) in [6.07, 6.45) is 1.36. The van der Waals surface area contributed by atoms with Gasteiger partial charge in [-0.15, -0.1) is 0 Å². The molecule has 1 aromatic carbocycles. The number of amides is 1. The van der Waals surface area contributed by atoms with Crippen LogP contribution in [-0.4, -0.2) is 20.6 Å². The predicted octanol–water partition coefficient (Wildman–Crippen LogP) is 1.88. The van der Waals surface area contributed by atoms with E-state index in [0.29, 0.717) is 9.50 Å². The molecule has 0 saturated carbocycles. The largest absolute Gasteiger partial charge is 0.351 e. The number of nitrogens with zero attached hydrogens (tertiary/aromatic N) is 4. The minimum atomic E-state index is -0.552. The minimum Gasteiger partial charge on any atom is -0.351 e. The Balaban J connectivity index is 2.13. The van der Waals surface area contributed by atoms with E-state index in [1.807, 2.05) is 0 Å². The fourth-order valence-electron chi connectivity index (χ4n) is 1.81. The second-order valence-corrected chi connectivity index (χ2v) is 5.16. The number of aryl methyl sites for hydroxylation is 1. The Bertz CT molecular complexity index is 907. The highest BCUT2D eigenvalue weighted by molar-refractivity contribution is 7.16. The maximum Gasteiger partial charge on any atom is 0.318 e. The molecule has 106 valence electrons. The van der Waals surface area contributed by atoms with Crippen molar-refractivity contribution in [3.8, 4) is 0 Å². The molecule has 0 N–H and O–H groups in total.